The first-order chi connectivity index (χ1) is 9.13. The van der Waals surface area contributed by atoms with Gasteiger partial charge < -0.3 is 11.1 Å². The van der Waals surface area contributed by atoms with Crippen LogP contribution < -0.4 is 11.1 Å². The highest BCUT2D eigenvalue weighted by Gasteiger charge is 2.33. The number of amides is 1. The van der Waals surface area contributed by atoms with E-state index in [4.69, 9.17) is 17.3 Å². The van der Waals surface area contributed by atoms with Crippen molar-refractivity contribution in [3.63, 3.8) is 0 Å². The topological polar surface area (TPSA) is 55.1 Å². The van der Waals surface area contributed by atoms with Crippen LogP contribution in [0.4, 0.5) is 0 Å². The normalized spacial score (nSPS) is 17.4. The molecule has 1 aromatic carbocycles. The van der Waals surface area contributed by atoms with Crippen LogP contribution in [0.25, 0.3) is 0 Å². The van der Waals surface area contributed by atoms with Gasteiger partial charge in [0, 0.05) is 16.5 Å². The Kier molecular flexibility index (Phi) is 5.13. The highest BCUT2D eigenvalue weighted by molar-refractivity contribution is 8.00. The fraction of sp³-hybridized carbons (Fsp3) is 0.500. The molecule has 2 rings (SSSR count). The van der Waals surface area contributed by atoms with E-state index in [9.17, 15) is 4.79 Å². The molecule has 0 saturated heterocycles. The van der Waals surface area contributed by atoms with E-state index in [1.54, 1.807) is 0 Å². The smallest absolute Gasteiger partial charge is 0.230 e. The van der Waals surface area contributed by atoms with Gasteiger partial charge in [-0.05, 0) is 37.1 Å². The van der Waals surface area contributed by atoms with Crippen molar-refractivity contribution in [1.29, 1.82) is 0 Å². The number of rotatable bonds is 5. The Morgan fingerprint density at radius 2 is 1.95 bits per heavy atom. The van der Waals surface area contributed by atoms with Gasteiger partial charge in [0.1, 0.15) is 0 Å². The van der Waals surface area contributed by atoms with Crippen molar-refractivity contribution in [2.24, 2.45) is 5.73 Å². The summed E-state index contributed by atoms with van der Waals surface area (Å²) in [5.74, 6) is 0.482. The molecule has 1 aromatic rings. The Morgan fingerprint density at radius 1 is 1.32 bits per heavy atom. The van der Waals surface area contributed by atoms with Crippen LogP contribution in [0.2, 0.25) is 5.02 Å². The lowest BCUT2D eigenvalue weighted by molar-refractivity contribution is -0.120. The molecule has 1 amide bonds. The van der Waals surface area contributed by atoms with Gasteiger partial charge in [0.2, 0.25) is 5.91 Å². The van der Waals surface area contributed by atoms with E-state index >= 15 is 0 Å². The molecule has 1 aliphatic rings. The molecule has 1 aliphatic carbocycles. The number of hydrogen-bond donors (Lipinski definition) is 2. The first-order valence-electron chi connectivity index (χ1n) is 6.53. The molecule has 0 aromatic heterocycles. The number of carbonyl (C=O) groups excluding carboxylic acids is 1. The van der Waals surface area contributed by atoms with E-state index < -0.39 is 0 Å². The van der Waals surface area contributed by atoms with Crippen LogP contribution in [-0.4, -0.2) is 23.7 Å². The number of nitrogens with one attached hydrogen (secondary N) is 1. The summed E-state index contributed by atoms with van der Waals surface area (Å²) >= 11 is 7.34. The molecule has 3 nitrogen and oxygen atoms in total. The van der Waals surface area contributed by atoms with Crippen LogP contribution in [0.1, 0.15) is 25.7 Å². The summed E-state index contributed by atoms with van der Waals surface area (Å²) in [6, 6.07) is 7.52. The average molecular weight is 299 g/mol. The van der Waals surface area contributed by atoms with Crippen LogP contribution in [0.15, 0.2) is 29.2 Å². The summed E-state index contributed by atoms with van der Waals surface area (Å²) in [5, 5.41) is 3.82. The lowest BCUT2D eigenvalue weighted by Gasteiger charge is -2.28. The molecule has 0 atom stereocenters. The standard InChI is InChI=1S/C14H19ClN2OS/c15-11-3-5-12(6-4-11)19-9-13(18)17-14(10-16)7-1-2-8-14/h3-6H,1-2,7-10,16H2,(H,17,18). The van der Waals surface area contributed by atoms with Gasteiger partial charge in [0.25, 0.3) is 0 Å². The molecule has 0 radical (unpaired) electrons. The van der Waals surface area contributed by atoms with Crippen molar-refractivity contribution in [1.82, 2.24) is 5.32 Å². The Bertz CT molecular complexity index is 430. The largest absolute Gasteiger partial charge is 0.349 e. The van der Waals surface area contributed by atoms with Gasteiger partial charge in [0.05, 0.1) is 11.3 Å². The Labute approximate surface area is 123 Å². The lowest BCUT2D eigenvalue weighted by atomic mass is 9.98. The number of benzene rings is 1. The quantitative estimate of drug-likeness (QED) is 0.822. The summed E-state index contributed by atoms with van der Waals surface area (Å²) in [7, 11) is 0. The minimum absolute atomic E-state index is 0.0623. The second-order valence-electron chi connectivity index (χ2n) is 4.98. The van der Waals surface area contributed by atoms with Gasteiger partial charge in [-0.2, -0.15) is 0 Å². The monoisotopic (exact) mass is 298 g/mol. The zero-order chi connectivity index (χ0) is 13.7. The molecule has 3 N–H and O–H groups in total. The summed E-state index contributed by atoms with van der Waals surface area (Å²) in [5.41, 5.74) is 5.65. The minimum atomic E-state index is -0.155. The van der Waals surface area contributed by atoms with Crippen molar-refractivity contribution in [3.8, 4) is 0 Å². The van der Waals surface area contributed by atoms with Gasteiger partial charge >= 0.3 is 0 Å². The summed E-state index contributed by atoms with van der Waals surface area (Å²) in [4.78, 5) is 13.0. The van der Waals surface area contributed by atoms with Gasteiger partial charge in [-0.25, -0.2) is 0 Å². The highest BCUT2D eigenvalue weighted by Crippen LogP contribution is 2.29. The third-order valence-electron chi connectivity index (χ3n) is 3.54. The van der Waals surface area contributed by atoms with E-state index in [1.807, 2.05) is 24.3 Å². The molecule has 0 aliphatic heterocycles. The maximum atomic E-state index is 12.0. The summed E-state index contributed by atoms with van der Waals surface area (Å²) < 4.78 is 0. The van der Waals surface area contributed by atoms with Crippen LogP contribution in [0.5, 0.6) is 0 Å². The third-order valence-corrected chi connectivity index (χ3v) is 4.80. The molecule has 0 spiro atoms. The minimum Gasteiger partial charge on any atom is -0.349 e. The molecule has 1 fully saturated rings. The molecule has 19 heavy (non-hydrogen) atoms. The SMILES string of the molecule is NCC1(NC(=O)CSc2ccc(Cl)cc2)CCCC1. The van der Waals surface area contributed by atoms with E-state index in [0.29, 0.717) is 17.3 Å². The Balaban J connectivity index is 1.82. The van der Waals surface area contributed by atoms with Crippen molar-refractivity contribution in [2.45, 2.75) is 36.1 Å². The lowest BCUT2D eigenvalue weighted by Crippen LogP contribution is -2.52. The number of halogens is 1. The molecular weight excluding hydrogens is 280 g/mol. The van der Waals surface area contributed by atoms with E-state index in [-0.39, 0.29) is 11.4 Å². The predicted molar refractivity (Wildman–Crippen MR) is 80.6 cm³/mol. The average Bonchev–Trinajstić information content (AvgIpc) is 2.87. The number of carbonyl (C=O) groups is 1. The summed E-state index contributed by atoms with van der Waals surface area (Å²) in [6.07, 6.45) is 4.31. The fourth-order valence-corrected chi connectivity index (χ4v) is 3.27. The first kappa shape index (κ1) is 14.7. The maximum Gasteiger partial charge on any atom is 0.230 e. The molecular formula is C14H19ClN2OS. The van der Waals surface area contributed by atoms with Crippen LogP contribution in [-0.2, 0) is 4.79 Å². The second-order valence-corrected chi connectivity index (χ2v) is 6.47. The van der Waals surface area contributed by atoms with E-state index in [2.05, 4.69) is 5.32 Å². The number of nitrogens with two attached hydrogens (primary N) is 1. The fourth-order valence-electron chi connectivity index (χ4n) is 2.44. The molecule has 0 unspecified atom stereocenters. The van der Waals surface area contributed by atoms with Crippen molar-refractivity contribution >= 4 is 29.3 Å². The Hall–Kier alpha value is -0.710. The van der Waals surface area contributed by atoms with Crippen LogP contribution in [0.3, 0.4) is 0 Å². The summed E-state index contributed by atoms with van der Waals surface area (Å²) in [6.45, 7) is 0.532. The second kappa shape index (κ2) is 6.64. The van der Waals surface area contributed by atoms with Crippen LogP contribution in [0, 0.1) is 0 Å². The van der Waals surface area contributed by atoms with Crippen molar-refractivity contribution in [3.05, 3.63) is 29.3 Å². The van der Waals surface area contributed by atoms with E-state index in [0.717, 1.165) is 30.6 Å². The number of hydrogen-bond acceptors (Lipinski definition) is 3. The van der Waals surface area contributed by atoms with Crippen molar-refractivity contribution < 1.29 is 4.79 Å². The molecule has 5 heteroatoms. The van der Waals surface area contributed by atoms with Gasteiger partial charge in [0.15, 0.2) is 0 Å². The number of thioether (sulfide) groups is 1. The van der Waals surface area contributed by atoms with Crippen LogP contribution >= 0.6 is 23.4 Å². The van der Waals surface area contributed by atoms with E-state index in [1.165, 1.54) is 11.8 Å². The van der Waals surface area contributed by atoms with Gasteiger partial charge in [-0.1, -0.05) is 24.4 Å². The third kappa shape index (κ3) is 4.13. The molecule has 0 bridgehead atoms. The zero-order valence-electron chi connectivity index (χ0n) is 10.8. The van der Waals surface area contributed by atoms with Gasteiger partial charge in [-0.15, -0.1) is 11.8 Å². The van der Waals surface area contributed by atoms with Crippen molar-refractivity contribution in [2.75, 3.05) is 12.3 Å². The highest BCUT2D eigenvalue weighted by atomic mass is 35.5. The maximum absolute atomic E-state index is 12.0. The zero-order valence-corrected chi connectivity index (χ0v) is 12.4. The predicted octanol–water partition coefficient (Wildman–Crippen LogP) is 2.82. The molecule has 0 heterocycles. The van der Waals surface area contributed by atoms with Gasteiger partial charge in [-0.3, -0.25) is 4.79 Å². The molecule has 1 saturated carbocycles. The first-order valence-corrected chi connectivity index (χ1v) is 7.89. The molecule has 104 valence electrons. The Morgan fingerprint density at radius 3 is 2.53 bits per heavy atom.